The summed E-state index contributed by atoms with van der Waals surface area (Å²) in [6.45, 7) is 7.70. The van der Waals surface area contributed by atoms with Gasteiger partial charge in [-0.15, -0.1) is 0 Å². The highest BCUT2D eigenvalue weighted by atomic mass is 16.5. The monoisotopic (exact) mass is 426 g/mol. The van der Waals surface area contributed by atoms with Crippen LogP contribution in [0.1, 0.15) is 57.3 Å². The first-order valence-corrected chi connectivity index (χ1v) is 11.3. The van der Waals surface area contributed by atoms with Crippen LogP contribution in [-0.2, 0) is 28.9 Å². The number of carbonyl (C=O) groups is 2. The Labute approximate surface area is 184 Å². The number of piperidine rings is 1. The van der Waals surface area contributed by atoms with Gasteiger partial charge in [-0.3, -0.25) is 9.59 Å². The molecule has 1 aromatic heterocycles. The average molecular weight is 427 g/mol. The van der Waals surface area contributed by atoms with Gasteiger partial charge in [0, 0.05) is 51.9 Å². The van der Waals surface area contributed by atoms with Gasteiger partial charge in [0.1, 0.15) is 0 Å². The zero-order valence-corrected chi connectivity index (χ0v) is 18.9. The molecule has 1 aliphatic heterocycles. The summed E-state index contributed by atoms with van der Waals surface area (Å²) in [5, 5.41) is 4.05. The molecule has 1 atom stereocenters. The Bertz CT molecular complexity index is 850. The topological polar surface area (TPSA) is 79.5 Å². The Hall–Kier alpha value is -2.70. The summed E-state index contributed by atoms with van der Waals surface area (Å²) in [5.41, 5.74) is 1.17. The molecule has 1 saturated heterocycles. The number of carbonyl (C=O) groups excluding carboxylic acids is 2. The number of hydrogen-bond acceptors (Lipinski definition) is 5. The molecule has 2 amide bonds. The molecule has 2 heterocycles. The number of benzene rings is 1. The first-order valence-electron chi connectivity index (χ1n) is 11.3. The molecule has 31 heavy (non-hydrogen) atoms. The molecule has 7 nitrogen and oxygen atoms in total. The first kappa shape index (κ1) is 23.0. The lowest BCUT2D eigenvalue weighted by Crippen LogP contribution is -2.51. The maximum Gasteiger partial charge on any atom is 0.226 e. The van der Waals surface area contributed by atoms with E-state index in [1.807, 2.05) is 40.1 Å². The molecular formula is C24H34N4O3. The molecule has 1 unspecified atom stereocenters. The molecule has 0 radical (unpaired) electrons. The number of hydrogen-bond donors (Lipinski definition) is 0. The number of likely N-dealkylation sites (tertiary alicyclic amines) is 1. The molecular weight excluding hydrogens is 392 g/mol. The van der Waals surface area contributed by atoms with Crippen molar-refractivity contribution in [2.75, 3.05) is 19.6 Å². The zero-order chi connectivity index (χ0) is 22.2. The lowest BCUT2D eigenvalue weighted by atomic mass is 10.0. The summed E-state index contributed by atoms with van der Waals surface area (Å²) >= 11 is 0. The summed E-state index contributed by atoms with van der Waals surface area (Å²) in [5.74, 6) is 1.92. The third-order valence-corrected chi connectivity index (χ3v) is 5.73. The van der Waals surface area contributed by atoms with Crippen molar-refractivity contribution in [1.82, 2.24) is 19.9 Å². The van der Waals surface area contributed by atoms with Crippen molar-refractivity contribution in [1.29, 1.82) is 0 Å². The summed E-state index contributed by atoms with van der Waals surface area (Å²) in [6.07, 6.45) is 4.37. The van der Waals surface area contributed by atoms with Gasteiger partial charge >= 0.3 is 0 Å². The molecule has 0 spiro atoms. The SMILES string of the molecule is CC(=O)N(CCc1noc(CC(C)C)n1)C1CCCN(C(=O)CCc2ccccc2)C1. The first-order chi connectivity index (χ1) is 14.9. The Morgan fingerprint density at radius 1 is 1.23 bits per heavy atom. The van der Waals surface area contributed by atoms with Gasteiger partial charge in [0.05, 0.1) is 0 Å². The van der Waals surface area contributed by atoms with E-state index >= 15 is 0 Å². The third kappa shape index (κ3) is 6.91. The summed E-state index contributed by atoms with van der Waals surface area (Å²) in [7, 11) is 0. The van der Waals surface area contributed by atoms with Gasteiger partial charge in [0.25, 0.3) is 0 Å². The van der Waals surface area contributed by atoms with E-state index in [-0.39, 0.29) is 17.9 Å². The van der Waals surface area contributed by atoms with Crippen LogP contribution in [0.5, 0.6) is 0 Å². The van der Waals surface area contributed by atoms with Crippen LogP contribution in [0.4, 0.5) is 0 Å². The molecule has 0 N–H and O–H groups in total. The van der Waals surface area contributed by atoms with Crippen LogP contribution in [-0.4, -0.2) is 57.4 Å². The van der Waals surface area contributed by atoms with E-state index in [2.05, 4.69) is 24.0 Å². The van der Waals surface area contributed by atoms with E-state index in [4.69, 9.17) is 4.52 Å². The highest BCUT2D eigenvalue weighted by Crippen LogP contribution is 2.18. The Kier molecular flexibility index (Phi) is 8.20. The summed E-state index contributed by atoms with van der Waals surface area (Å²) in [4.78, 5) is 33.4. The largest absolute Gasteiger partial charge is 0.341 e. The smallest absolute Gasteiger partial charge is 0.226 e. The predicted molar refractivity (Wildman–Crippen MR) is 118 cm³/mol. The second kappa shape index (κ2) is 11.1. The van der Waals surface area contributed by atoms with E-state index in [0.29, 0.717) is 43.6 Å². The van der Waals surface area contributed by atoms with Crippen molar-refractivity contribution >= 4 is 11.8 Å². The second-order valence-electron chi connectivity index (χ2n) is 8.79. The van der Waals surface area contributed by atoms with Crippen molar-refractivity contribution in [3.63, 3.8) is 0 Å². The number of rotatable bonds is 9. The fraction of sp³-hybridized carbons (Fsp3) is 0.583. The van der Waals surface area contributed by atoms with Gasteiger partial charge in [0.15, 0.2) is 5.82 Å². The van der Waals surface area contributed by atoms with Crippen molar-refractivity contribution in [3.8, 4) is 0 Å². The molecule has 2 aromatic rings. The van der Waals surface area contributed by atoms with E-state index < -0.39 is 0 Å². The standard InChI is InChI=1S/C24H34N4O3/c1-18(2)16-23-25-22(26-31-23)13-15-28(19(3)29)21-10-7-14-27(17-21)24(30)12-11-20-8-5-4-6-9-20/h4-6,8-9,18,21H,7,10-17H2,1-3H3. The molecule has 7 heteroatoms. The quantitative estimate of drug-likeness (QED) is 0.615. The fourth-order valence-corrected chi connectivity index (χ4v) is 4.13. The molecule has 1 fully saturated rings. The molecule has 168 valence electrons. The van der Waals surface area contributed by atoms with Crippen molar-refractivity contribution in [2.24, 2.45) is 5.92 Å². The van der Waals surface area contributed by atoms with Crippen LogP contribution in [0.3, 0.4) is 0 Å². The predicted octanol–water partition coefficient (Wildman–Crippen LogP) is 3.28. The maximum atomic E-state index is 12.8. The third-order valence-electron chi connectivity index (χ3n) is 5.73. The van der Waals surface area contributed by atoms with E-state index in [9.17, 15) is 9.59 Å². The van der Waals surface area contributed by atoms with Gasteiger partial charge in [-0.1, -0.05) is 49.3 Å². The van der Waals surface area contributed by atoms with Crippen LogP contribution in [0.15, 0.2) is 34.9 Å². The Morgan fingerprint density at radius 3 is 2.71 bits per heavy atom. The molecule has 1 aromatic carbocycles. The van der Waals surface area contributed by atoms with E-state index in [1.165, 1.54) is 5.56 Å². The Balaban J connectivity index is 1.53. The minimum absolute atomic E-state index is 0.0227. The van der Waals surface area contributed by atoms with E-state index in [1.54, 1.807) is 6.92 Å². The molecule has 3 rings (SSSR count). The number of amides is 2. The average Bonchev–Trinajstić information content (AvgIpc) is 3.19. The molecule has 0 bridgehead atoms. The second-order valence-corrected chi connectivity index (χ2v) is 8.79. The van der Waals surface area contributed by atoms with Crippen LogP contribution < -0.4 is 0 Å². The lowest BCUT2D eigenvalue weighted by Gasteiger charge is -2.39. The van der Waals surface area contributed by atoms with Gasteiger partial charge in [-0.05, 0) is 30.7 Å². The van der Waals surface area contributed by atoms with Crippen molar-refractivity contribution in [2.45, 2.75) is 65.3 Å². The number of aromatic nitrogens is 2. The normalized spacial score (nSPS) is 16.5. The Morgan fingerprint density at radius 2 is 2.00 bits per heavy atom. The number of nitrogens with zero attached hydrogens (tertiary/aromatic N) is 4. The van der Waals surface area contributed by atoms with Gasteiger partial charge in [-0.25, -0.2) is 0 Å². The lowest BCUT2D eigenvalue weighted by molar-refractivity contribution is -0.138. The van der Waals surface area contributed by atoms with Crippen molar-refractivity contribution in [3.05, 3.63) is 47.6 Å². The van der Waals surface area contributed by atoms with Crippen LogP contribution in [0, 0.1) is 5.92 Å². The van der Waals surface area contributed by atoms with Gasteiger partial charge in [-0.2, -0.15) is 4.98 Å². The van der Waals surface area contributed by atoms with Gasteiger partial charge in [0.2, 0.25) is 17.7 Å². The number of aryl methyl sites for hydroxylation is 1. The summed E-state index contributed by atoms with van der Waals surface area (Å²) < 4.78 is 5.31. The molecule has 1 aliphatic rings. The minimum Gasteiger partial charge on any atom is -0.341 e. The minimum atomic E-state index is 0.0227. The highest BCUT2D eigenvalue weighted by molar-refractivity contribution is 5.77. The van der Waals surface area contributed by atoms with Crippen LogP contribution in [0.25, 0.3) is 0 Å². The van der Waals surface area contributed by atoms with Gasteiger partial charge < -0.3 is 14.3 Å². The van der Waals surface area contributed by atoms with Crippen LogP contribution >= 0.6 is 0 Å². The fourth-order valence-electron chi connectivity index (χ4n) is 4.13. The van der Waals surface area contributed by atoms with Crippen LogP contribution in [0.2, 0.25) is 0 Å². The zero-order valence-electron chi connectivity index (χ0n) is 18.9. The van der Waals surface area contributed by atoms with Crippen molar-refractivity contribution < 1.29 is 14.1 Å². The molecule has 0 saturated carbocycles. The highest BCUT2D eigenvalue weighted by Gasteiger charge is 2.29. The van der Waals surface area contributed by atoms with E-state index in [0.717, 1.165) is 32.2 Å². The summed E-state index contributed by atoms with van der Waals surface area (Å²) in [6, 6.07) is 10.1. The molecule has 0 aliphatic carbocycles. The maximum absolute atomic E-state index is 12.8.